The van der Waals surface area contributed by atoms with Gasteiger partial charge in [-0.15, -0.1) is 0 Å². The standard InChI is InChI=1S/C24H24N4O4/c1-3-31-24(30)22-15(2)28(16-7-4-5-8-16)20-10-9-17(13-18(20)22)32-23(29)19-14-21-25-11-6-12-27(21)26-19/h6,9-14,16H,3-5,7-8H2,1-2H3. The van der Waals surface area contributed by atoms with Crippen LogP contribution in [0.15, 0.2) is 42.7 Å². The number of aromatic nitrogens is 4. The molecule has 3 heterocycles. The van der Waals surface area contributed by atoms with Crippen molar-refractivity contribution in [2.45, 2.75) is 45.6 Å². The fraction of sp³-hybridized carbons (Fsp3) is 0.333. The van der Waals surface area contributed by atoms with Crippen molar-refractivity contribution in [1.29, 1.82) is 0 Å². The van der Waals surface area contributed by atoms with Gasteiger partial charge in [0.2, 0.25) is 0 Å². The minimum absolute atomic E-state index is 0.161. The minimum Gasteiger partial charge on any atom is -0.462 e. The number of rotatable bonds is 5. The van der Waals surface area contributed by atoms with E-state index in [-0.39, 0.29) is 11.7 Å². The van der Waals surface area contributed by atoms with Crippen molar-refractivity contribution in [3.63, 3.8) is 0 Å². The SMILES string of the molecule is CCOC(=O)c1c(C)n(C2CCCC2)c2ccc(OC(=O)c3cc4ncccn4n3)cc12. The first-order valence-electron chi connectivity index (χ1n) is 10.9. The lowest BCUT2D eigenvalue weighted by atomic mass is 10.1. The van der Waals surface area contributed by atoms with Crippen LogP contribution in [0, 0.1) is 6.92 Å². The van der Waals surface area contributed by atoms with Crippen LogP contribution in [0.1, 0.15) is 65.2 Å². The molecule has 8 heteroatoms. The second-order valence-corrected chi connectivity index (χ2v) is 8.01. The highest BCUT2D eigenvalue weighted by Crippen LogP contribution is 2.38. The van der Waals surface area contributed by atoms with E-state index in [0.717, 1.165) is 29.4 Å². The molecule has 0 bridgehead atoms. The Kier molecular flexibility index (Phi) is 5.13. The van der Waals surface area contributed by atoms with Crippen molar-refractivity contribution >= 4 is 28.5 Å². The molecule has 5 rings (SSSR count). The molecule has 8 nitrogen and oxygen atoms in total. The molecule has 0 saturated heterocycles. The predicted octanol–water partition coefficient (Wildman–Crippen LogP) is 4.50. The minimum atomic E-state index is -0.584. The lowest BCUT2D eigenvalue weighted by molar-refractivity contribution is 0.0527. The summed E-state index contributed by atoms with van der Waals surface area (Å²) in [5.74, 6) is -0.595. The molecule has 164 valence electrons. The van der Waals surface area contributed by atoms with Crippen molar-refractivity contribution in [2.75, 3.05) is 6.61 Å². The summed E-state index contributed by atoms with van der Waals surface area (Å²) in [5.41, 5.74) is 3.09. The Morgan fingerprint density at radius 2 is 1.97 bits per heavy atom. The van der Waals surface area contributed by atoms with Gasteiger partial charge in [-0.2, -0.15) is 5.10 Å². The molecule has 0 aliphatic heterocycles. The summed E-state index contributed by atoms with van der Waals surface area (Å²) in [6.07, 6.45) is 7.89. The fourth-order valence-electron chi connectivity index (χ4n) is 4.67. The Labute approximate surface area is 184 Å². The van der Waals surface area contributed by atoms with Crippen molar-refractivity contribution in [3.05, 3.63) is 59.7 Å². The van der Waals surface area contributed by atoms with Crippen molar-refractivity contribution in [3.8, 4) is 5.75 Å². The van der Waals surface area contributed by atoms with Gasteiger partial charge in [0.05, 0.1) is 12.2 Å². The van der Waals surface area contributed by atoms with E-state index in [4.69, 9.17) is 9.47 Å². The number of carbonyl (C=O) groups is 2. The van der Waals surface area contributed by atoms with E-state index in [9.17, 15) is 9.59 Å². The summed E-state index contributed by atoms with van der Waals surface area (Å²) < 4.78 is 14.7. The van der Waals surface area contributed by atoms with Crippen molar-refractivity contribution in [2.24, 2.45) is 0 Å². The van der Waals surface area contributed by atoms with Gasteiger partial charge in [0.25, 0.3) is 0 Å². The van der Waals surface area contributed by atoms with Crippen LogP contribution in [0.3, 0.4) is 0 Å². The third-order valence-corrected chi connectivity index (χ3v) is 6.05. The summed E-state index contributed by atoms with van der Waals surface area (Å²) in [6.45, 7) is 4.05. The predicted molar refractivity (Wildman–Crippen MR) is 118 cm³/mol. The first-order chi connectivity index (χ1) is 15.6. The van der Waals surface area contributed by atoms with Gasteiger partial charge in [-0.3, -0.25) is 0 Å². The normalized spacial score (nSPS) is 14.3. The maximum Gasteiger partial charge on any atom is 0.364 e. The van der Waals surface area contributed by atoms with Gasteiger partial charge in [0.15, 0.2) is 11.3 Å². The van der Waals surface area contributed by atoms with Gasteiger partial charge < -0.3 is 14.0 Å². The summed E-state index contributed by atoms with van der Waals surface area (Å²) in [5, 5.41) is 4.94. The zero-order valence-corrected chi connectivity index (χ0v) is 18.1. The zero-order valence-electron chi connectivity index (χ0n) is 18.1. The van der Waals surface area contributed by atoms with E-state index in [1.165, 1.54) is 17.4 Å². The van der Waals surface area contributed by atoms with Crippen LogP contribution >= 0.6 is 0 Å². The third kappa shape index (κ3) is 3.41. The Morgan fingerprint density at radius 1 is 1.16 bits per heavy atom. The molecule has 1 fully saturated rings. The summed E-state index contributed by atoms with van der Waals surface area (Å²) in [4.78, 5) is 29.7. The molecular formula is C24H24N4O4. The number of ether oxygens (including phenoxy) is 2. The van der Waals surface area contributed by atoms with Gasteiger partial charge in [0, 0.05) is 41.1 Å². The molecule has 0 radical (unpaired) electrons. The van der Waals surface area contributed by atoms with Crippen LogP contribution in [0.5, 0.6) is 5.75 Å². The number of hydrogen-bond donors (Lipinski definition) is 0. The topological polar surface area (TPSA) is 87.7 Å². The number of esters is 2. The highest BCUT2D eigenvalue weighted by Gasteiger charge is 2.27. The maximum absolute atomic E-state index is 12.8. The Bertz CT molecular complexity index is 1300. The number of carbonyl (C=O) groups excluding carboxylic acids is 2. The number of nitrogens with zero attached hydrogens (tertiary/aromatic N) is 4. The van der Waals surface area contributed by atoms with Crippen molar-refractivity contribution < 1.29 is 19.1 Å². The largest absolute Gasteiger partial charge is 0.462 e. The van der Waals surface area contributed by atoms with Crippen LogP contribution in [0.2, 0.25) is 0 Å². The monoisotopic (exact) mass is 432 g/mol. The van der Waals surface area contributed by atoms with Gasteiger partial charge in [-0.1, -0.05) is 12.8 Å². The molecular weight excluding hydrogens is 408 g/mol. The molecule has 1 aliphatic carbocycles. The second kappa shape index (κ2) is 8.11. The van der Waals surface area contributed by atoms with Gasteiger partial charge in [-0.25, -0.2) is 19.1 Å². The van der Waals surface area contributed by atoms with Crippen LogP contribution in [0.25, 0.3) is 16.6 Å². The molecule has 0 N–H and O–H groups in total. The first-order valence-corrected chi connectivity index (χ1v) is 10.9. The number of benzene rings is 1. The highest BCUT2D eigenvalue weighted by atomic mass is 16.5. The van der Waals surface area contributed by atoms with E-state index in [1.54, 1.807) is 43.6 Å². The lowest BCUT2D eigenvalue weighted by Crippen LogP contribution is -2.10. The van der Waals surface area contributed by atoms with E-state index in [1.807, 2.05) is 13.0 Å². The van der Waals surface area contributed by atoms with Gasteiger partial charge in [-0.05, 0) is 51.0 Å². The van der Waals surface area contributed by atoms with Crippen molar-refractivity contribution in [1.82, 2.24) is 19.2 Å². The molecule has 0 amide bonds. The lowest BCUT2D eigenvalue weighted by Gasteiger charge is -2.16. The molecule has 32 heavy (non-hydrogen) atoms. The number of fused-ring (bicyclic) bond motifs is 2. The van der Waals surface area contributed by atoms with Crippen LogP contribution in [0.4, 0.5) is 0 Å². The highest BCUT2D eigenvalue weighted by molar-refractivity contribution is 6.06. The molecule has 0 unspecified atom stereocenters. The smallest absolute Gasteiger partial charge is 0.364 e. The average Bonchev–Trinajstić information content (AvgIpc) is 3.50. The third-order valence-electron chi connectivity index (χ3n) is 6.05. The summed E-state index contributed by atoms with van der Waals surface area (Å²) in [7, 11) is 0. The van der Waals surface area contributed by atoms with Crippen LogP contribution in [-0.2, 0) is 4.74 Å². The summed E-state index contributed by atoms with van der Waals surface area (Å²) in [6, 6.07) is 9.08. The van der Waals surface area contributed by atoms with E-state index >= 15 is 0 Å². The van der Waals surface area contributed by atoms with Crippen LogP contribution < -0.4 is 4.74 Å². The fourth-order valence-corrected chi connectivity index (χ4v) is 4.67. The Hall–Kier alpha value is -3.68. The van der Waals surface area contributed by atoms with Gasteiger partial charge in [0.1, 0.15) is 5.75 Å². The quantitative estimate of drug-likeness (QED) is 0.341. The molecule has 1 aromatic carbocycles. The van der Waals surface area contributed by atoms with E-state index < -0.39 is 5.97 Å². The van der Waals surface area contributed by atoms with E-state index in [0.29, 0.717) is 29.6 Å². The molecule has 0 atom stereocenters. The average molecular weight is 432 g/mol. The van der Waals surface area contributed by atoms with E-state index in [2.05, 4.69) is 14.6 Å². The van der Waals surface area contributed by atoms with Gasteiger partial charge >= 0.3 is 11.9 Å². The summed E-state index contributed by atoms with van der Waals surface area (Å²) >= 11 is 0. The maximum atomic E-state index is 12.8. The number of hydrogen-bond acceptors (Lipinski definition) is 6. The Morgan fingerprint density at radius 3 is 2.72 bits per heavy atom. The Balaban J connectivity index is 1.53. The molecule has 0 spiro atoms. The molecule has 1 aliphatic rings. The molecule has 4 aromatic rings. The second-order valence-electron chi connectivity index (χ2n) is 8.01. The molecule has 3 aromatic heterocycles. The molecule has 1 saturated carbocycles. The first kappa shape index (κ1) is 20.2. The van der Waals surface area contributed by atoms with Crippen LogP contribution in [-0.4, -0.2) is 37.7 Å². The zero-order chi connectivity index (χ0) is 22.2.